The van der Waals surface area contributed by atoms with Crippen molar-refractivity contribution in [3.63, 3.8) is 0 Å². The number of benzene rings is 1. The molecule has 1 N–H and O–H groups in total. The zero-order valence-corrected chi connectivity index (χ0v) is 11.0. The molecule has 1 aromatic carbocycles. The monoisotopic (exact) mass is 249 g/mol. The molecule has 0 aliphatic rings. The molecule has 0 amide bonds. The van der Waals surface area contributed by atoms with Gasteiger partial charge in [0.05, 0.1) is 7.11 Å². The van der Waals surface area contributed by atoms with Crippen LogP contribution in [0.25, 0.3) is 0 Å². The number of nitrogens with zero attached hydrogens (tertiary/aromatic N) is 1. The van der Waals surface area contributed by atoms with E-state index in [0.717, 1.165) is 17.9 Å². The Morgan fingerprint density at radius 3 is 2.83 bits per heavy atom. The first kappa shape index (κ1) is 14.3. The molecular weight excluding hydrogens is 230 g/mol. The minimum atomic E-state index is -0.871. The molecule has 98 valence electrons. The second-order valence-electron chi connectivity index (χ2n) is 4.24. The van der Waals surface area contributed by atoms with Crippen LogP contribution in [-0.2, 0) is 11.3 Å². The summed E-state index contributed by atoms with van der Waals surface area (Å²) in [5.41, 5.74) is 1.51. The van der Waals surface area contributed by atoms with Gasteiger partial charge in [0, 0.05) is 18.7 Å². The molecule has 1 rings (SSSR count). The third-order valence-electron chi connectivity index (χ3n) is 2.63. The zero-order chi connectivity index (χ0) is 13.5. The van der Waals surface area contributed by atoms with Crippen molar-refractivity contribution >= 4 is 5.97 Å². The number of carboxylic acids is 1. The number of carbonyl (C=O) groups is 1. The number of likely N-dealkylation sites (N-methyl/N-ethyl adjacent to an activating group) is 1. The normalized spacial score (nSPS) is 11.7. The number of hydrogen-bond donors (Lipinski definition) is 1. The van der Waals surface area contributed by atoms with Gasteiger partial charge in [0.2, 0.25) is 0 Å². The van der Waals surface area contributed by atoms with Gasteiger partial charge in [0.15, 0.2) is 0 Å². The maximum absolute atomic E-state index is 10.7. The van der Waals surface area contributed by atoms with E-state index in [2.05, 4.69) is 0 Å². The first-order chi connectivity index (χ1) is 8.52. The molecule has 0 saturated carbocycles. The van der Waals surface area contributed by atoms with Gasteiger partial charge < -0.3 is 9.84 Å². The Kier molecular flexibility index (Phi) is 5.39. The Morgan fingerprint density at radius 2 is 2.22 bits per heavy atom. The Labute approximate surface area is 107 Å². The van der Waals surface area contributed by atoms with Crippen molar-refractivity contribution in [1.82, 2.24) is 4.90 Å². The molecule has 0 bridgehead atoms. The molecule has 0 aromatic heterocycles. The van der Waals surface area contributed by atoms with E-state index in [1.807, 2.05) is 36.2 Å². The van der Waals surface area contributed by atoms with Crippen molar-refractivity contribution < 1.29 is 14.6 Å². The predicted molar refractivity (Wildman–Crippen MR) is 70.7 cm³/mol. The highest BCUT2D eigenvalue weighted by atomic mass is 16.5. The average Bonchev–Trinajstić information content (AvgIpc) is 2.36. The lowest BCUT2D eigenvalue weighted by Gasteiger charge is -2.15. The molecule has 0 saturated heterocycles. The summed E-state index contributed by atoms with van der Waals surface area (Å²) in [6.07, 6.45) is 1.71. The van der Waals surface area contributed by atoms with Crippen LogP contribution in [0.1, 0.15) is 12.5 Å². The van der Waals surface area contributed by atoms with Crippen molar-refractivity contribution in [3.8, 4) is 5.75 Å². The summed E-state index contributed by atoms with van der Waals surface area (Å²) in [6, 6.07) is 7.84. The van der Waals surface area contributed by atoms with Crippen LogP contribution in [0.4, 0.5) is 0 Å². The van der Waals surface area contributed by atoms with Crippen LogP contribution >= 0.6 is 0 Å². The maximum atomic E-state index is 10.7. The van der Waals surface area contributed by atoms with Crippen LogP contribution in [0.5, 0.6) is 5.75 Å². The van der Waals surface area contributed by atoms with Crippen LogP contribution < -0.4 is 4.74 Å². The minimum absolute atomic E-state index is 0.368. The Hall–Kier alpha value is -1.81. The van der Waals surface area contributed by atoms with Crippen LogP contribution in [0.15, 0.2) is 35.9 Å². The third kappa shape index (κ3) is 4.59. The van der Waals surface area contributed by atoms with E-state index in [-0.39, 0.29) is 0 Å². The first-order valence-electron chi connectivity index (χ1n) is 5.74. The lowest BCUT2D eigenvalue weighted by atomic mass is 10.2. The lowest BCUT2D eigenvalue weighted by molar-refractivity contribution is -0.132. The standard InChI is InChI=1S/C14H19NO3/c1-11(14(16)17)7-8-15(2)10-12-5-4-6-13(9-12)18-3/h4-7,9H,8,10H2,1-3H3,(H,16,17). The summed E-state index contributed by atoms with van der Waals surface area (Å²) in [6.45, 7) is 2.96. The average molecular weight is 249 g/mol. The fraction of sp³-hybridized carbons (Fsp3) is 0.357. The number of ether oxygens (including phenoxy) is 1. The highest BCUT2D eigenvalue weighted by molar-refractivity contribution is 5.85. The molecule has 1 aromatic rings. The quantitative estimate of drug-likeness (QED) is 0.785. The summed E-state index contributed by atoms with van der Waals surface area (Å²) >= 11 is 0. The predicted octanol–water partition coefficient (Wildman–Crippen LogP) is 2.16. The Morgan fingerprint density at radius 1 is 1.50 bits per heavy atom. The molecule has 0 atom stereocenters. The number of carboxylic acid groups (broad SMARTS) is 1. The largest absolute Gasteiger partial charge is 0.497 e. The first-order valence-corrected chi connectivity index (χ1v) is 5.74. The van der Waals surface area contributed by atoms with Gasteiger partial charge in [-0.15, -0.1) is 0 Å². The van der Waals surface area contributed by atoms with Gasteiger partial charge in [0.1, 0.15) is 5.75 Å². The molecular formula is C14H19NO3. The van der Waals surface area contributed by atoms with Crippen molar-refractivity contribution in [2.45, 2.75) is 13.5 Å². The van der Waals surface area contributed by atoms with Gasteiger partial charge in [-0.05, 0) is 31.7 Å². The fourth-order valence-electron chi connectivity index (χ4n) is 1.53. The number of hydrogen-bond acceptors (Lipinski definition) is 3. The van der Waals surface area contributed by atoms with Crippen molar-refractivity contribution in [3.05, 3.63) is 41.5 Å². The van der Waals surface area contributed by atoms with Gasteiger partial charge in [-0.1, -0.05) is 18.2 Å². The minimum Gasteiger partial charge on any atom is -0.497 e. The lowest BCUT2D eigenvalue weighted by Crippen LogP contribution is -2.18. The summed E-state index contributed by atoms with van der Waals surface area (Å²) in [7, 11) is 3.59. The molecule has 0 aliphatic carbocycles. The molecule has 4 nitrogen and oxygen atoms in total. The van der Waals surface area contributed by atoms with E-state index >= 15 is 0 Å². The van der Waals surface area contributed by atoms with Crippen LogP contribution in [0, 0.1) is 0 Å². The zero-order valence-electron chi connectivity index (χ0n) is 11.0. The SMILES string of the molecule is COc1cccc(CN(C)CC=C(C)C(=O)O)c1. The molecule has 0 fully saturated rings. The molecule has 0 unspecified atom stereocenters. The van der Waals surface area contributed by atoms with Gasteiger partial charge in [-0.2, -0.15) is 0 Å². The summed E-state index contributed by atoms with van der Waals surface area (Å²) in [4.78, 5) is 12.7. The van der Waals surface area contributed by atoms with Gasteiger partial charge >= 0.3 is 5.97 Å². The van der Waals surface area contributed by atoms with Crippen molar-refractivity contribution in [2.75, 3.05) is 20.7 Å². The highest BCUT2D eigenvalue weighted by Gasteiger charge is 2.03. The second-order valence-corrected chi connectivity index (χ2v) is 4.24. The van der Waals surface area contributed by atoms with Crippen molar-refractivity contribution in [1.29, 1.82) is 0 Å². The molecule has 0 spiro atoms. The van der Waals surface area contributed by atoms with E-state index in [0.29, 0.717) is 12.1 Å². The second kappa shape index (κ2) is 6.81. The third-order valence-corrected chi connectivity index (χ3v) is 2.63. The van der Waals surface area contributed by atoms with E-state index in [1.165, 1.54) is 0 Å². The van der Waals surface area contributed by atoms with Crippen LogP contribution in [0.3, 0.4) is 0 Å². The molecule has 0 heterocycles. The van der Waals surface area contributed by atoms with Crippen LogP contribution in [0.2, 0.25) is 0 Å². The van der Waals surface area contributed by atoms with Gasteiger partial charge in [-0.25, -0.2) is 4.79 Å². The number of rotatable bonds is 6. The molecule has 4 heteroatoms. The Balaban J connectivity index is 2.56. The number of methoxy groups -OCH3 is 1. The smallest absolute Gasteiger partial charge is 0.330 e. The van der Waals surface area contributed by atoms with Crippen LogP contribution in [-0.4, -0.2) is 36.7 Å². The number of aliphatic carboxylic acids is 1. The maximum Gasteiger partial charge on any atom is 0.330 e. The van der Waals surface area contributed by atoms with Gasteiger partial charge in [0.25, 0.3) is 0 Å². The van der Waals surface area contributed by atoms with Crippen molar-refractivity contribution in [2.24, 2.45) is 0 Å². The summed E-state index contributed by atoms with van der Waals surface area (Å²) in [5, 5.41) is 8.75. The van der Waals surface area contributed by atoms with E-state index < -0.39 is 5.97 Å². The summed E-state index contributed by atoms with van der Waals surface area (Å²) < 4.78 is 5.16. The molecule has 0 radical (unpaired) electrons. The van der Waals surface area contributed by atoms with E-state index in [1.54, 1.807) is 20.1 Å². The van der Waals surface area contributed by atoms with E-state index in [9.17, 15) is 4.79 Å². The Bertz CT molecular complexity index is 440. The van der Waals surface area contributed by atoms with Gasteiger partial charge in [-0.3, -0.25) is 4.90 Å². The highest BCUT2D eigenvalue weighted by Crippen LogP contribution is 2.13. The molecule has 18 heavy (non-hydrogen) atoms. The topological polar surface area (TPSA) is 49.8 Å². The van der Waals surface area contributed by atoms with E-state index in [4.69, 9.17) is 9.84 Å². The fourth-order valence-corrected chi connectivity index (χ4v) is 1.53. The molecule has 0 aliphatic heterocycles. The summed E-state index contributed by atoms with van der Waals surface area (Å²) in [5.74, 6) is -0.0389.